The van der Waals surface area contributed by atoms with Gasteiger partial charge in [0.2, 0.25) is 0 Å². The van der Waals surface area contributed by atoms with E-state index >= 15 is 0 Å². The van der Waals surface area contributed by atoms with Crippen LogP contribution in [0.2, 0.25) is 0 Å². The third kappa shape index (κ3) is 3.04. The van der Waals surface area contributed by atoms with Gasteiger partial charge in [-0.05, 0) is 24.4 Å². The van der Waals surface area contributed by atoms with Gasteiger partial charge in [-0.25, -0.2) is 0 Å². The Morgan fingerprint density at radius 2 is 2.50 bits per heavy atom. The van der Waals surface area contributed by atoms with E-state index in [1.54, 1.807) is 11.3 Å². The average Bonchev–Trinajstić information content (AvgIpc) is 2.85. The predicted molar refractivity (Wildman–Crippen MR) is 65.9 cm³/mol. The van der Waals surface area contributed by atoms with Gasteiger partial charge in [0.1, 0.15) is 6.10 Å². The summed E-state index contributed by atoms with van der Waals surface area (Å²) in [6.07, 6.45) is 1.29. The summed E-state index contributed by atoms with van der Waals surface area (Å²) in [7, 11) is 0. The summed E-state index contributed by atoms with van der Waals surface area (Å²) in [6.45, 7) is 5.32. The van der Waals surface area contributed by atoms with Crippen LogP contribution in [0.1, 0.15) is 24.3 Å². The van der Waals surface area contributed by atoms with Crippen molar-refractivity contribution < 1.29 is 9.47 Å². The molecule has 0 bridgehead atoms. The summed E-state index contributed by atoms with van der Waals surface area (Å²) in [6, 6.07) is 4.53. The first-order chi connectivity index (χ1) is 7.92. The molecule has 2 rings (SSSR count). The fraction of sp³-hybridized carbons (Fsp3) is 0.667. The van der Waals surface area contributed by atoms with Crippen molar-refractivity contribution >= 4 is 11.3 Å². The molecule has 2 atom stereocenters. The maximum absolute atomic E-state index is 5.78. The average molecular weight is 241 g/mol. The molecule has 0 aliphatic carbocycles. The normalized spacial score (nSPS) is 23.2. The van der Waals surface area contributed by atoms with Crippen LogP contribution in [0.15, 0.2) is 17.5 Å². The van der Waals surface area contributed by atoms with Gasteiger partial charge >= 0.3 is 0 Å². The van der Waals surface area contributed by atoms with E-state index in [0.717, 1.165) is 19.6 Å². The molecule has 4 heteroatoms. The third-order valence-corrected chi connectivity index (χ3v) is 3.63. The number of thiophene rings is 1. The second-order valence-electron chi connectivity index (χ2n) is 3.93. The first-order valence-electron chi connectivity index (χ1n) is 5.88. The molecule has 0 spiro atoms. The van der Waals surface area contributed by atoms with Gasteiger partial charge in [0.25, 0.3) is 0 Å². The monoisotopic (exact) mass is 241 g/mol. The Morgan fingerprint density at radius 1 is 1.56 bits per heavy atom. The number of hydrogen-bond donors (Lipinski definition) is 1. The van der Waals surface area contributed by atoms with Crippen LogP contribution in [0.3, 0.4) is 0 Å². The van der Waals surface area contributed by atoms with Crippen LogP contribution in [0.5, 0.6) is 0 Å². The lowest BCUT2D eigenvalue weighted by Crippen LogP contribution is -2.40. The standard InChI is InChI=1S/C12H19NO2S/c1-2-5-13-12(11-4-3-8-16-11)10-9-14-6-7-15-10/h3-4,8,10,12-13H,2,5-7,9H2,1H3. The molecule has 0 saturated carbocycles. The Bertz CT molecular complexity index is 283. The van der Waals surface area contributed by atoms with Crippen molar-refractivity contribution in [2.45, 2.75) is 25.5 Å². The molecule has 1 aromatic heterocycles. The zero-order valence-corrected chi connectivity index (χ0v) is 10.5. The lowest BCUT2D eigenvalue weighted by atomic mass is 10.1. The quantitative estimate of drug-likeness (QED) is 0.857. The molecule has 1 aromatic rings. The minimum atomic E-state index is 0.152. The molecule has 0 radical (unpaired) electrons. The van der Waals surface area contributed by atoms with Gasteiger partial charge in [-0.15, -0.1) is 11.3 Å². The Hall–Kier alpha value is -0.420. The molecule has 2 heterocycles. The predicted octanol–water partition coefficient (Wildman–Crippen LogP) is 2.20. The van der Waals surface area contributed by atoms with Gasteiger partial charge < -0.3 is 14.8 Å². The van der Waals surface area contributed by atoms with E-state index in [4.69, 9.17) is 9.47 Å². The van der Waals surface area contributed by atoms with Crippen LogP contribution >= 0.6 is 11.3 Å². The SMILES string of the molecule is CCCNC(c1cccs1)C1COCCO1. The van der Waals surface area contributed by atoms with E-state index in [0.29, 0.717) is 13.2 Å². The highest BCUT2D eigenvalue weighted by Gasteiger charge is 2.26. The van der Waals surface area contributed by atoms with Crippen molar-refractivity contribution in [1.82, 2.24) is 5.32 Å². The van der Waals surface area contributed by atoms with Crippen LogP contribution in [0, 0.1) is 0 Å². The van der Waals surface area contributed by atoms with E-state index in [1.165, 1.54) is 4.88 Å². The Balaban J connectivity index is 2.01. The lowest BCUT2D eigenvalue weighted by Gasteiger charge is -2.30. The fourth-order valence-electron chi connectivity index (χ4n) is 1.88. The molecule has 16 heavy (non-hydrogen) atoms. The summed E-state index contributed by atoms with van der Waals surface area (Å²) < 4.78 is 11.3. The van der Waals surface area contributed by atoms with Gasteiger partial charge in [0.15, 0.2) is 0 Å². The summed E-state index contributed by atoms with van der Waals surface area (Å²) in [5, 5.41) is 5.66. The zero-order chi connectivity index (χ0) is 11.2. The topological polar surface area (TPSA) is 30.5 Å². The second kappa shape index (κ2) is 6.35. The van der Waals surface area contributed by atoms with Crippen molar-refractivity contribution in [1.29, 1.82) is 0 Å². The van der Waals surface area contributed by atoms with Gasteiger partial charge in [-0.1, -0.05) is 13.0 Å². The van der Waals surface area contributed by atoms with Gasteiger partial charge in [-0.2, -0.15) is 0 Å². The zero-order valence-electron chi connectivity index (χ0n) is 9.65. The molecule has 1 fully saturated rings. The second-order valence-corrected chi connectivity index (χ2v) is 4.91. The number of nitrogens with one attached hydrogen (secondary N) is 1. The van der Waals surface area contributed by atoms with Gasteiger partial charge in [0, 0.05) is 4.88 Å². The minimum Gasteiger partial charge on any atom is -0.376 e. The lowest BCUT2D eigenvalue weighted by molar-refractivity contribution is -0.102. The van der Waals surface area contributed by atoms with Gasteiger partial charge in [-0.3, -0.25) is 0 Å². The van der Waals surface area contributed by atoms with Crippen LogP contribution in [-0.2, 0) is 9.47 Å². The molecule has 1 N–H and O–H groups in total. The molecule has 0 amide bonds. The smallest absolute Gasteiger partial charge is 0.101 e. The highest BCUT2D eigenvalue weighted by molar-refractivity contribution is 7.10. The summed E-state index contributed by atoms with van der Waals surface area (Å²) in [5.74, 6) is 0. The largest absolute Gasteiger partial charge is 0.376 e. The van der Waals surface area contributed by atoms with Crippen LogP contribution in [-0.4, -0.2) is 32.5 Å². The maximum atomic E-state index is 5.78. The van der Waals surface area contributed by atoms with Crippen molar-refractivity contribution in [3.63, 3.8) is 0 Å². The molecular weight excluding hydrogens is 222 g/mol. The molecule has 0 aromatic carbocycles. The van der Waals surface area contributed by atoms with E-state index in [2.05, 4.69) is 29.8 Å². The Morgan fingerprint density at radius 3 is 3.12 bits per heavy atom. The minimum absolute atomic E-state index is 0.152. The third-order valence-electron chi connectivity index (χ3n) is 2.68. The number of rotatable bonds is 5. The van der Waals surface area contributed by atoms with Crippen molar-refractivity contribution in [3.8, 4) is 0 Å². The van der Waals surface area contributed by atoms with Crippen LogP contribution in [0.4, 0.5) is 0 Å². The molecule has 1 saturated heterocycles. The highest BCUT2D eigenvalue weighted by Crippen LogP contribution is 2.25. The van der Waals surface area contributed by atoms with Crippen molar-refractivity contribution in [2.75, 3.05) is 26.4 Å². The maximum Gasteiger partial charge on any atom is 0.101 e. The Labute approximate surface area is 101 Å². The van der Waals surface area contributed by atoms with Crippen LogP contribution < -0.4 is 5.32 Å². The molecule has 90 valence electrons. The van der Waals surface area contributed by atoms with Crippen molar-refractivity contribution in [3.05, 3.63) is 22.4 Å². The fourth-order valence-corrected chi connectivity index (χ4v) is 2.73. The Kier molecular flexibility index (Phi) is 4.78. The molecular formula is C12H19NO2S. The first-order valence-corrected chi connectivity index (χ1v) is 6.76. The molecule has 3 nitrogen and oxygen atoms in total. The molecule has 2 unspecified atom stereocenters. The first kappa shape index (κ1) is 12.0. The van der Waals surface area contributed by atoms with E-state index in [-0.39, 0.29) is 12.1 Å². The summed E-state index contributed by atoms with van der Waals surface area (Å²) in [5.41, 5.74) is 0. The van der Waals surface area contributed by atoms with Crippen molar-refractivity contribution in [2.24, 2.45) is 0 Å². The van der Waals surface area contributed by atoms with Crippen LogP contribution in [0.25, 0.3) is 0 Å². The van der Waals surface area contributed by atoms with E-state index < -0.39 is 0 Å². The highest BCUT2D eigenvalue weighted by atomic mass is 32.1. The van der Waals surface area contributed by atoms with E-state index in [9.17, 15) is 0 Å². The van der Waals surface area contributed by atoms with Gasteiger partial charge in [0.05, 0.1) is 25.9 Å². The summed E-state index contributed by atoms with van der Waals surface area (Å²) in [4.78, 5) is 1.34. The molecule has 1 aliphatic heterocycles. The van der Waals surface area contributed by atoms with E-state index in [1.807, 2.05) is 0 Å². The summed E-state index contributed by atoms with van der Waals surface area (Å²) >= 11 is 1.78. The number of ether oxygens (including phenoxy) is 2. The molecule has 1 aliphatic rings. The number of hydrogen-bond acceptors (Lipinski definition) is 4.